The molecule has 0 saturated heterocycles. The highest BCUT2D eigenvalue weighted by Crippen LogP contribution is 2.27. The second-order valence-electron chi connectivity index (χ2n) is 7.15. The Bertz CT molecular complexity index is 1180. The summed E-state index contributed by atoms with van der Waals surface area (Å²) < 4.78 is 1.33. The van der Waals surface area contributed by atoms with Gasteiger partial charge in [-0.15, -0.1) is 0 Å². The molecule has 0 unspecified atom stereocenters. The summed E-state index contributed by atoms with van der Waals surface area (Å²) in [5.41, 5.74) is 7.73. The van der Waals surface area contributed by atoms with Gasteiger partial charge in [0.05, 0.1) is 23.6 Å². The minimum atomic E-state index is -0.235. The first-order valence-corrected chi connectivity index (χ1v) is 9.30. The Labute approximate surface area is 162 Å². The van der Waals surface area contributed by atoms with Gasteiger partial charge in [-0.1, -0.05) is 29.8 Å². The Hall–Kier alpha value is -3.19. The number of aryl methyl sites for hydroxylation is 4. The number of H-pyrrole nitrogens is 2. The second kappa shape index (κ2) is 7.09. The van der Waals surface area contributed by atoms with Crippen LogP contribution in [0.2, 0.25) is 0 Å². The third-order valence-corrected chi connectivity index (χ3v) is 5.16. The number of hydrogen-bond donors (Lipinski definition) is 3. The van der Waals surface area contributed by atoms with Crippen molar-refractivity contribution in [3.05, 3.63) is 74.6 Å². The van der Waals surface area contributed by atoms with Crippen LogP contribution < -0.4 is 5.56 Å². The largest absolute Gasteiger partial charge is 0.390 e. The molecule has 4 aromatic rings. The molecule has 3 N–H and O–H groups in total. The van der Waals surface area contributed by atoms with Crippen molar-refractivity contribution in [3.8, 4) is 11.1 Å². The molecular formula is C21H23N5O2. The summed E-state index contributed by atoms with van der Waals surface area (Å²) in [4.78, 5) is 16.0. The zero-order valence-corrected chi connectivity index (χ0v) is 16.2. The van der Waals surface area contributed by atoms with Crippen LogP contribution in [0, 0.1) is 20.8 Å². The van der Waals surface area contributed by atoms with Gasteiger partial charge in [-0.2, -0.15) is 14.7 Å². The van der Waals surface area contributed by atoms with Gasteiger partial charge in [0.1, 0.15) is 5.65 Å². The first-order valence-electron chi connectivity index (χ1n) is 9.30. The summed E-state index contributed by atoms with van der Waals surface area (Å²) in [5.74, 6) is 0. The van der Waals surface area contributed by atoms with E-state index < -0.39 is 0 Å². The van der Waals surface area contributed by atoms with Crippen LogP contribution in [-0.2, 0) is 19.4 Å². The van der Waals surface area contributed by atoms with Gasteiger partial charge in [-0.25, -0.2) is 0 Å². The highest BCUT2D eigenvalue weighted by Gasteiger charge is 2.17. The average molecular weight is 377 g/mol. The van der Waals surface area contributed by atoms with E-state index in [2.05, 4.69) is 20.3 Å². The molecule has 0 amide bonds. The Kier molecular flexibility index (Phi) is 4.60. The summed E-state index contributed by atoms with van der Waals surface area (Å²) in [5, 5.41) is 21.3. The van der Waals surface area contributed by atoms with E-state index in [1.807, 2.05) is 45.0 Å². The van der Waals surface area contributed by atoms with E-state index >= 15 is 0 Å². The van der Waals surface area contributed by atoms with Crippen LogP contribution in [0.5, 0.6) is 0 Å². The maximum atomic E-state index is 12.6. The van der Waals surface area contributed by atoms with Gasteiger partial charge in [0, 0.05) is 17.5 Å². The number of aromatic nitrogens is 5. The van der Waals surface area contributed by atoms with Gasteiger partial charge in [-0.05, 0) is 44.7 Å². The van der Waals surface area contributed by atoms with Gasteiger partial charge in [0.2, 0.25) is 0 Å². The SMILES string of the molecule is Cc1ccc(-c2c(CO)nn3c(=O)cc(CCc4c(C)n[nH]c4C)[nH]c23)cc1. The third kappa shape index (κ3) is 3.14. The molecule has 0 bridgehead atoms. The Morgan fingerprint density at radius 1 is 1.11 bits per heavy atom. The Balaban J connectivity index is 1.79. The Morgan fingerprint density at radius 2 is 1.86 bits per heavy atom. The van der Waals surface area contributed by atoms with Crippen molar-refractivity contribution in [3.63, 3.8) is 0 Å². The van der Waals surface area contributed by atoms with Crippen LogP contribution in [0.25, 0.3) is 16.8 Å². The van der Waals surface area contributed by atoms with E-state index in [0.717, 1.165) is 40.2 Å². The molecule has 144 valence electrons. The predicted octanol–water partition coefficient (Wildman–Crippen LogP) is 2.62. The number of nitrogens with zero attached hydrogens (tertiary/aromatic N) is 3. The molecule has 3 heterocycles. The van der Waals surface area contributed by atoms with E-state index in [4.69, 9.17) is 0 Å². The molecule has 1 aromatic carbocycles. The monoisotopic (exact) mass is 377 g/mol. The molecule has 0 aliphatic heterocycles. The third-order valence-electron chi connectivity index (χ3n) is 5.16. The van der Waals surface area contributed by atoms with Gasteiger partial charge in [0.25, 0.3) is 5.56 Å². The lowest BCUT2D eigenvalue weighted by molar-refractivity contribution is 0.276. The zero-order chi connectivity index (χ0) is 19.8. The van der Waals surface area contributed by atoms with Crippen molar-refractivity contribution in [1.29, 1.82) is 0 Å². The summed E-state index contributed by atoms with van der Waals surface area (Å²) in [6.07, 6.45) is 1.46. The molecule has 0 aliphatic rings. The lowest BCUT2D eigenvalue weighted by Crippen LogP contribution is -2.16. The topological polar surface area (TPSA) is 99.1 Å². The molecule has 0 saturated carbocycles. The fourth-order valence-corrected chi connectivity index (χ4v) is 3.61. The number of fused-ring (bicyclic) bond motifs is 1. The van der Waals surface area contributed by atoms with E-state index in [0.29, 0.717) is 17.8 Å². The number of aliphatic hydroxyl groups is 1. The number of hydrogen-bond acceptors (Lipinski definition) is 4. The molecule has 0 spiro atoms. The van der Waals surface area contributed by atoms with Gasteiger partial charge in [-0.3, -0.25) is 9.89 Å². The smallest absolute Gasteiger partial charge is 0.274 e. The maximum Gasteiger partial charge on any atom is 0.274 e. The lowest BCUT2D eigenvalue weighted by Gasteiger charge is -2.06. The van der Waals surface area contributed by atoms with Crippen molar-refractivity contribution in [2.75, 3.05) is 0 Å². The first-order chi connectivity index (χ1) is 13.5. The van der Waals surface area contributed by atoms with E-state index in [1.54, 1.807) is 6.07 Å². The van der Waals surface area contributed by atoms with Gasteiger partial charge < -0.3 is 10.1 Å². The van der Waals surface area contributed by atoms with Gasteiger partial charge >= 0.3 is 0 Å². The molecule has 0 aliphatic carbocycles. The molecule has 3 aromatic heterocycles. The normalized spacial score (nSPS) is 11.4. The van der Waals surface area contributed by atoms with E-state index in [9.17, 15) is 9.90 Å². The summed E-state index contributed by atoms with van der Waals surface area (Å²) in [7, 11) is 0. The van der Waals surface area contributed by atoms with Gasteiger partial charge in [0.15, 0.2) is 0 Å². The van der Waals surface area contributed by atoms with Crippen LogP contribution in [-0.4, -0.2) is 29.9 Å². The molecule has 7 nitrogen and oxygen atoms in total. The molecule has 4 rings (SSSR count). The number of rotatable bonds is 5. The van der Waals surface area contributed by atoms with E-state index in [1.165, 1.54) is 10.1 Å². The quantitative estimate of drug-likeness (QED) is 0.498. The van der Waals surface area contributed by atoms with Crippen LogP contribution in [0.1, 0.15) is 33.9 Å². The highest BCUT2D eigenvalue weighted by atomic mass is 16.3. The number of benzene rings is 1. The number of aromatic amines is 2. The molecular weight excluding hydrogens is 354 g/mol. The number of aliphatic hydroxyl groups excluding tert-OH is 1. The van der Waals surface area contributed by atoms with Crippen molar-refractivity contribution >= 4 is 5.65 Å². The van der Waals surface area contributed by atoms with Crippen LogP contribution in [0.4, 0.5) is 0 Å². The highest BCUT2D eigenvalue weighted by molar-refractivity contribution is 5.80. The second-order valence-corrected chi connectivity index (χ2v) is 7.15. The summed E-state index contributed by atoms with van der Waals surface area (Å²) >= 11 is 0. The molecule has 28 heavy (non-hydrogen) atoms. The fourth-order valence-electron chi connectivity index (χ4n) is 3.61. The summed E-state index contributed by atoms with van der Waals surface area (Å²) in [6, 6.07) is 9.55. The van der Waals surface area contributed by atoms with Crippen molar-refractivity contribution in [2.45, 2.75) is 40.2 Å². The Morgan fingerprint density at radius 3 is 2.50 bits per heavy atom. The first kappa shape index (κ1) is 18.2. The lowest BCUT2D eigenvalue weighted by atomic mass is 10.0. The number of nitrogens with one attached hydrogen (secondary N) is 2. The molecule has 0 atom stereocenters. The van der Waals surface area contributed by atoms with E-state index in [-0.39, 0.29) is 12.2 Å². The van der Waals surface area contributed by atoms with Crippen molar-refractivity contribution < 1.29 is 5.11 Å². The fraction of sp³-hybridized carbons (Fsp3) is 0.286. The minimum absolute atomic E-state index is 0.211. The standard InChI is InChI=1S/C21H23N5O2/c1-12-4-6-15(7-5-12)20-18(11-27)25-26-19(28)10-16(22-21(20)26)8-9-17-13(2)23-24-14(17)3/h4-7,10,22,27H,8-9,11H2,1-3H3,(H,23,24). The van der Waals surface area contributed by atoms with Crippen molar-refractivity contribution in [1.82, 2.24) is 24.8 Å². The zero-order valence-electron chi connectivity index (χ0n) is 16.2. The maximum absolute atomic E-state index is 12.6. The molecule has 0 fully saturated rings. The molecule has 0 radical (unpaired) electrons. The van der Waals surface area contributed by atoms with Crippen LogP contribution in [0.15, 0.2) is 35.1 Å². The summed E-state index contributed by atoms with van der Waals surface area (Å²) in [6.45, 7) is 5.76. The predicted molar refractivity (Wildman–Crippen MR) is 107 cm³/mol. The minimum Gasteiger partial charge on any atom is -0.390 e. The average Bonchev–Trinajstić information content (AvgIpc) is 3.21. The van der Waals surface area contributed by atoms with Crippen LogP contribution in [0.3, 0.4) is 0 Å². The van der Waals surface area contributed by atoms with Crippen LogP contribution >= 0.6 is 0 Å². The molecule has 7 heteroatoms. The van der Waals surface area contributed by atoms with Crippen molar-refractivity contribution in [2.24, 2.45) is 0 Å².